The van der Waals surface area contributed by atoms with Crippen molar-refractivity contribution in [2.75, 3.05) is 5.75 Å². The van der Waals surface area contributed by atoms with Crippen LogP contribution in [0.3, 0.4) is 0 Å². The molecule has 0 spiro atoms. The lowest BCUT2D eigenvalue weighted by Gasteiger charge is -2.23. The number of hydrogen-bond donors (Lipinski definition) is 4. The molecule has 0 fully saturated rings. The van der Waals surface area contributed by atoms with Crippen LogP contribution in [-0.4, -0.2) is 51.2 Å². The van der Waals surface area contributed by atoms with Gasteiger partial charge >= 0.3 is 6.09 Å². The zero-order valence-electron chi connectivity index (χ0n) is 17.6. The molecule has 2 aromatic carbocycles. The molecule has 0 aromatic heterocycles. The van der Waals surface area contributed by atoms with Crippen molar-refractivity contribution >= 4 is 28.7 Å². The Hall–Kier alpha value is -3.24. The molecule has 32 heavy (non-hydrogen) atoms. The van der Waals surface area contributed by atoms with Crippen molar-refractivity contribution in [2.24, 2.45) is 5.73 Å². The first-order valence-corrected chi connectivity index (χ1v) is 11.3. The highest BCUT2D eigenvalue weighted by atomic mass is 32.2. The minimum absolute atomic E-state index is 0.0178. The van der Waals surface area contributed by atoms with Crippen LogP contribution >= 0.6 is 0 Å². The number of aliphatic hydroxyl groups is 1. The van der Waals surface area contributed by atoms with Crippen LogP contribution in [0.5, 0.6) is 0 Å². The maximum atomic E-state index is 12.6. The van der Waals surface area contributed by atoms with Gasteiger partial charge in [0.1, 0.15) is 18.7 Å². The third kappa shape index (κ3) is 8.12. The Bertz CT molecular complexity index is 924. The largest absolute Gasteiger partial charge is 0.445 e. The summed E-state index contributed by atoms with van der Waals surface area (Å²) in [5.74, 6) is -1.55. The van der Waals surface area contributed by atoms with Crippen LogP contribution in [0.2, 0.25) is 0 Å². The quantitative estimate of drug-likeness (QED) is 0.390. The lowest BCUT2D eigenvalue weighted by Crippen LogP contribution is -2.56. The number of nitrogens with two attached hydrogens (primary N) is 1. The minimum Gasteiger partial charge on any atom is -0.445 e. The number of aliphatic hydroxyl groups excluding tert-OH is 1. The number of carbonyl (C=O) groups excluding carboxylic acids is 3. The molecule has 0 aliphatic carbocycles. The van der Waals surface area contributed by atoms with Crippen molar-refractivity contribution in [3.63, 3.8) is 0 Å². The molecule has 0 unspecified atom stereocenters. The Morgan fingerprint density at radius 3 is 2.19 bits per heavy atom. The van der Waals surface area contributed by atoms with E-state index in [1.165, 1.54) is 6.92 Å². The van der Waals surface area contributed by atoms with Crippen molar-refractivity contribution in [3.8, 4) is 0 Å². The predicted octanol–water partition coefficient (Wildman–Crippen LogP) is 0.830. The second kappa shape index (κ2) is 12.6. The highest BCUT2D eigenvalue weighted by molar-refractivity contribution is 7.85. The molecule has 9 nitrogen and oxygen atoms in total. The molecule has 0 radical (unpaired) electrons. The maximum absolute atomic E-state index is 12.6. The van der Waals surface area contributed by atoms with Gasteiger partial charge in [0, 0.05) is 10.6 Å². The molecule has 0 aliphatic heterocycles. The van der Waals surface area contributed by atoms with E-state index in [2.05, 4.69) is 10.6 Å². The predicted molar refractivity (Wildman–Crippen MR) is 119 cm³/mol. The van der Waals surface area contributed by atoms with E-state index in [0.717, 1.165) is 5.56 Å². The molecule has 172 valence electrons. The van der Waals surface area contributed by atoms with Gasteiger partial charge in [0.2, 0.25) is 11.8 Å². The highest BCUT2D eigenvalue weighted by Gasteiger charge is 2.29. The van der Waals surface area contributed by atoms with Gasteiger partial charge in [-0.2, -0.15) is 0 Å². The van der Waals surface area contributed by atoms with E-state index in [1.807, 2.05) is 6.07 Å². The summed E-state index contributed by atoms with van der Waals surface area (Å²) in [6, 6.07) is 15.1. The molecule has 4 atom stereocenters. The summed E-state index contributed by atoms with van der Waals surface area (Å²) in [4.78, 5) is 37.1. The van der Waals surface area contributed by atoms with Crippen LogP contribution in [0.25, 0.3) is 0 Å². The van der Waals surface area contributed by atoms with Crippen molar-refractivity contribution < 1.29 is 28.4 Å². The van der Waals surface area contributed by atoms with E-state index >= 15 is 0 Å². The second-order valence-corrected chi connectivity index (χ2v) is 8.61. The van der Waals surface area contributed by atoms with Gasteiger partial charge in [-0.05, 0) is 31.0 Å². The number of alkyl carbamates (subject to hydrolysis) is 1. The van der Waals surface area contributed by atoms with Gasteiger partial charge in [-0.3, -0.25) is 13.8 Å². The number of carbonyl (C=O) groups is 3. The minimum atomic E-state index is -1.38. The van der Waals surface area contributed by atoms with Crippen molar-refractivity contribution in [1.82, 2.24) is 10.6 Å². The van der Waals surface area contributed by atoms with E-state index < -0.39 is 46.9 Å². The van der Waals surface area contributed by atoms with Crippen LogP contribution in [-0.2, 0) is 31.7 Å². The van der Waals surface area contributed by atoms with E-state index in [1.54, 1.807) is 54.6 Å². The molecule has 0 bridgehead atoms. The van der Waals surface area contributed by atoms with E-state index in [9.17, 15) is 23.7 Å². The Morgan fingerprint density at radius 2 is 1.62 bits per heavy atom. The molecule has 10 heteroatoms. The highest BCUT2D eigenvalue weighted by Crippen LogP contribution is 2.08. The Labute approximate surface area is 188 Å². The zero-order valence-corrected chi connectivity index (χ0v) is 18.4. The summed E-state index contributed by atoms with van der Waals surface area (Å²) in [5, 5.41) is 14.6. The number of rotatable bonds is 11. The maximum Gasteiger partial charge on any atom is 0.408 e. The van der Waals surface area contributed by atoms with Crippen LogP contribution < -0.4 is 16.4 Å². The van der Waals surface area contributed by atoms with Crippen LogP contribution in [0.1, 0.15) is 18.9 Å². The summed E-state index contributed by atoms with van der Waals surface area (Å²) >= 11 is 0. The normalized spacial score (nSPS) is 14.4. The molecule has 3 amide bonds. The van der Waals surface area contributed by atoms with Crippen LogP contribution in [0.15, 0.2) is 65.6 Å². The summed E-state index contributed by atoms with van der Waals surface area (Å²) in [6.07, 6.45) is -2.16. The van der Waals surface area contributed by atoms with Gasteiger partial charge in [0.05, 0.1) is 16.9 Å². The molecule has 0 aliphatic rings. The topological polar surface area (TPSA) is 148 Å². The third-order valence-corrected chi connectivity index (χ3v) is 5.91. The molecule has 5 N–H and O–H groups in total. The fourth-order valence-electron chi connectivity index (χ4n) is 2.76. The first-order valence-electron chi connectivity index (χ1n) is 9.96. The van der Waals surface area contributed by atoms with E-state index in [-0.39, 0.29) is 18.8 Å². The van der Waals surface area contributed by atoms with Gasteiger partial charge in [-0.1, -0.05) is 48.5 Å². The van der Waals surface area contributed by atoms with Gasteiger partial charge in [-0.15, -0.1) is 0 Å². The molecule has 0 saturated carbocycles. The fraction of sp³-hybridized carbons (Fsp3) is 0.318. The Balaban J connectivity index is 1.92. The van der Waals surface area contributed by atoms with Crippen molar-refractivity contribution in [2.45, 2.75) is 43.0 Å². The van der Waals surface area contributed by atoms with Crippen molar-refractivity contribution in [3.05, 3.63) is 66.2 Å². The molecular weight excluding hydrogens is 434 g/mol. The molecular formula is C22H27N3O6S. The lowest BCUT2D eigenvalue weighted by atomic mass is 10.1. The van der Waals surface area contributed by atoms with Crippen molar-refractivity contribution in [1.29, 1.82) is 0 Å². The first-order chi connectivity index (χ1) is 15.3. The molecule has 2 rings (SSSR count). The van der Waals surface area contributed by atoms with Crippen LogP contribution in [0.4, 0.5) is 4.79 Å². The van der Waals surface area contributed by atoms with E-state index in [4.69, 9.17) is 10.5 Å². The monoisotopic (exact) mass is 461 g/mol. The zero-order chi connectivity index (χ0) is 23.5. The summed E-state index contributed by atoms with van der Waals surface area (Å²) in [7, 11) is -1.38. The lowest BCUT2D eigenvalue weighted by molar-refractivity contribution is -0.130. The average Bonchev–Trinajstić information content (AvgIpc) is 2.79. The average molecular weight is 462 g/mol. The number of benzene rings is 2. The van der Waals surface area contributed by atoms with E-state index in [0.29, 0.717) is 4.90 Å². The first kappa shape index (κ1) is 25.0. The SMILES string of the molecule is C[C@@H](O)[C@H](NC(=O)OCc1ccccc1)C(=O)N[C@@H](CC[S@@](=O)c1ccccc1)C(N)=O. The number of hydrogen-bond acceptors (Lipinski definition) is 6. The standard InChI is InChI=1S/C22H27N3O6S/c1-15(26)19(25-22(29)31-14-16-8-4-2-5-9-16)21(28)24-18(20(23)27)12-13-32(30)17-10-6-3-7-11-17/h2-11,15,18-19,26H,12-14H2,1H3,(H2,23,27)(H,24,28)(H,25,29)/t15-,18+,19+,32-/m1/s1. The third-order valence-electron chi connectivity index (χ3n) is 4.51. The summed E-state index contributed by atoms with van der Waals surface area (Å²) < 4.78 is 17.4. The smallest absolute Gasteiger partial charge is 0.408 e. The van der Waals surface area contributed by atoms with Gasteiger partial charge < -0.3 is 26.2 Å². The summed E-state index contributed by atoms with van der Waals surface area (Å²) in [6.45, 7) is 1.29. The second-order valence-electron chi connectivity index (χ2n) is 7.04. The Morgan fingerprint density at radius 1 is 1.03 bits per heavy atom. The number of nitrogens with one attached hydrogen (secondary N) is 2. The van der Waals surface area contributed by atoms with Crippen LogP contribution in [0, 0.1) is 0 Å². The number of ether oxygens (including phenoxy) is 1. The fourth-order valence-corrected chi connectivity index (χ4v) is 3.91. The summed E-state index contributed by atoms with van der Waals surface area (Å²) in [5.41, 5.74) is 6.12. The van der Waals surface area contributed by atoms with Gasteiger partial charge in [-0.25, -0.2) is 4.79 Å². The molecule has 0 heterocycles. The molecule has 0 saturated heterocycles. The van der Waals surface area contributed by atoms with Gasteiger partial charge in [0.25, 0.3) is 0 Å². The Kier molecular flexibility index (Phi) is 9.83. The number of primary amides is 1. The van der Waals surface area contributed by atoms with Gasteiger partial charge in [0.15, 0.2) is 0 Å². The number of amides is 3. The molecule has 2 aromatic rings.